The minimum Gasteiger partial charge on any atom is -0.457 e. The van der Waals surface area contributed by atoms with E-state index in [9.17, 15) is 5.26 Å². The van der Waals surface area contributed by atoms with E-state index in [0.29, 0.717) is 5.56 Å². The van der Waals surface area contributed by atoms with Crippen LogP contribution in [0.25, 0.3) is 77.5 Å². The molecule has 13 rings (SSSR count). The van der Waals surface area contributed by atoms with E-state index < -0.39 is 5.41 Å². The molecule has 0 amide bonds. The second kappa shape index (κ2) is 12.1. The summed E-state index contributed by atoms with van der Waals surface area (Å²) in [5.74, 6) is 1.67. The number of benzene rings is 7. The molecule has 1 aliphatic carbocycles. The van der Waals surface area contributed by atoms with Crippen LogP contribution in [-0.2, 0) is 5.41 Å². The summed E-state index contributed by atoms with van der Waals surface area (Å²) in [6.45, 7) is 0. The molecule has 4 aromatic heterocycles. The van der Waals surface area contributed by atoms with E-state index in [2.05, 4.69) is 161 Å². The summed E-state index contributed by atoms with van der Waals surface area (Å²) >= 11 is 0. The van der Waals surface area contributed by atoms with Crippen molar-refractivity contribution in [1.29, 1.82) is 5.26 Å². The summed E-state index contributed by atoms with van der Waals surface area (Å²) in [6, 6.07) is 64.4. The first-order valence-corrected chi connectivity index (χ1v) is 20.1. The van der Waals surface area contributed by atoms with Gasteiger partial charge in [-0.15, -0.1) is 0 Å². The predicted molar refractivity (Wildman–Crippen MR) is 238 cm³/mol. The second-order valence-electron chi connectivity index (χ2n) is 15.7. The van der Waals surface area contributed by atoms with Gasteiger partial charge in [0.05, 0.1) is 50.5 Å². The molecule has 0 fully saturated rings. The first-order valence-electron chi connectivity index (χ1n) is 20.1. The van der Waals surface area contributed by atoms with Gasteiger partial charge in [0.2, 0.25) is 0 Å². The molecule has 6 nitrogen and oxygen atoms in total. The summed E-state index contributed by atoms with van der Waals surface area (Å²) in [6.07, 6.45) is 3.72. The standard InChI is InChI=1S/C54H31N5O/c55-32-33-17-24-48-40(29-33)38-9-1-4-14-46(38)58(48)36-20-22-37(23-21-36)59-47-15-5-2-10-39(47)41-30-34(18-25-49(41)59)35-19-26-51-45(31-35)54(42-11-3-6-16-50(42)60-51)43-12-7-27-56-52(43)53-44(54)13-8-28-57-53/h1-31H. The maximum atomic E-state index is 9.64. The molecule has 0 radical (unpaired) electrons. The second-order valence-corrected chi connectivity index (χ2v) is 15.7. The Labute approximate surface area is 344 Å². The van der Waals surface area contributed by atoms with Crippen molar-refractivity contribution < 1.29 is 4.74 Å². The molecule has 0 saturated carbocycles. The van der Waals surface area contributed by atoms with Crippen LogP contribution in [-0.4, -0.2) is 19.1 Å². The minimum atomic E-state index is -0.640. The molecule has 5 heterocycles. The zero-order valence-corrected chi connectivity index (χ0v) is 32.0. The van der Waals surface area contributed by atoms with Gasteiger partial charge in [0.15, 0.2) is 0 Å². The van der Waals surface area contributed by atoms with Crippen LogP contribution in [0.1, 0.15) is 27.8 Å². The molecule has 0 saturated heterocycles. The average Bonchev–Trinajstić information content (AvgIpc) is 3.93. The molecule has 0 N–H and O–H groups in total. The van der Waals surface area contributed by atoms with Gasteiger partial charge in [-0.2, -0.15) is 5.26 Å². The normalized spacial score (nSPS) is 13.2. The van der Waals surface area contributed by atoms with E-state index in [1.165, 1.54) is 10.8 Å². The number of fused-ring (bicyclic) bond motifs is 15. The van der Waals surface area contributed by atoms with Gasteiger partial charge in [-0.3, -0.25) is 9.97 Å². The Hall–Kier alpha value is -8.27. The van der Waals surface area contributed by atoms with Crippen LogP contribution in [0.3, 0.4) is 0 Å². The van der Waals surface area contributed by atoms with E-state index >= 15 is 0 Å². The van der Waals surface area contributed by atoms with Gasteiger partial charge in [-0.05, 0) is 119 Å². The molecule has 278 valence electrons. The molecule has 1 spiro atoms. The Morgan fingerprint density at radius 3 is 1.62 bits per heavy atom. The van der Waals surface area contributed by atoms with Crippen molar-refractivity contribution in [3.8, 4) is 51.5 Å². The van der Waals surface area contributed by atoms with Gasteiger partial charge >= 0.3 is 0 Å². The number of nitriles is 1. The molecule has 11 aromatic rings. The van der Waals surface area contributed by atoms with Gasteiger partial charge in [-0.1, -0.05) is 78.9 Å². The molecule has 0 bridgehead atoms. The summed E-state index contributed by atoms with van der Waals surface area (Å²) in [4.78, 5) is 9.80. The molecule has 0 atom stereocenters. The number of para-hydroxylation sites is 3. The SMILES string of the molecule is N#Cc1ccc2c(c1)c1ccccc1n2-c1ccc(-n2c3ccccc3c3cc(-c4ccc5c(c4)C4(c6ccccc6O5)c5cccnc5-c5ncccc54)ccc32)cc1. The van der Waals surface area contributed by atoms with Crippen molar-refractivity contribution in [1.82, 2.24) is 19.1 Å². The van der Waals surface area contributed by atoms with Gasteiger partial charge in [0, 0.05) is 56.4 Å². The zero-order chi connectivity index (χ0) is 39.5. The predicted octanol–water partition coefficient (Wildman–Crippen LogP) is 12.7. The van der Waals surface area contributed by atoms with Gasteiger partial charge in [0.25, 0.3) is 0 Å². The number of rotatable bonds is 3. The third-order valence-corrected chi connectivity index (χ3v) is 12.7. The highest BCUT2D eigenvalue weighted by molar-refractivity contribution is 6.11. The third-order valence-electron chi connectivity index (χ3n) is 12.7. The van der Waals surface area contributed by atoms with Crippen LogP contribution >= 0.6 is 0 Å². The summed E-state index contributed by atoms with van der Waals surface area (Å²) < 4.78 is 11.3. The maximum absolute atomic E-state index is 9.64. The van der Waals surface area contributed by atoms with E-state index in [1.54, 1.807) is 0 Å². The lowest BCUT2D eigenvalue weighted by atomic mass is 9.66. The summed E-state index contributed by atoms with van der Waals surface area (Å²) in [5.41, 5.74) is 15.1. The van der Waals surface area contributed by atoms with Crippen molar-refractivity contribution >= 4 is 43.6 Å². The zero-order valence-electron chi connectivity index (χ0n) is 32.0. The maximum Gasteiger partial charge on any atom is 0.132 e. The molecule has 7 aromatic carbocycles. The highest BCUT2D eigenvalue weighted by Gasteiger charge is 2.52. The Bertz CT molecular complexity index is 3620. The first-order chi connectivity index (χ1) is 29.7. The fraction of sp³-hybridized carbons (Fsp3) is 0.0185. The quantitative estimate of drug-likeness (QED) is 0.180. The number of aromatic nitrogens is 4. The summed E-state index contributed by atoms with van der Waals surface area (Å²) in [5, 5.41) is 14.2. The number of hydrogen-bond acceptors (Lipinski definition) is 4. The van der Waals surface area contributed by atoms with Crippen molar-refractivity contribution in [2.24, 2.45) is 0 Å². The number of hydrogen-bond donors (Lipinski definition) is 0. The molecule has 6 heteroatoms. The molecule has 60 heavy (non-hydrogen) atoms. The lowest BCUT2D eigenvalue weighted by Gasteiger charge is -2.39. The highest BCUT2D eigenvalue weighted by Crippen LogP contribution is 2.61. The number of nitrogens with zero attached hydrogens (tertiary/aromatic N) is 5. The Balaban J connectivity index is 0.962. The van der Waals surface area contributed by atoms with Crippen molar-refractivity contribution in [3.05, 3.63) is 216 Å². The molecule has 0 unspecified atom stereocenters. The van der Waals surface area contributed by atoms with E-state index in [1.807, 2.05) is 42.7 Å². The van der Waals surface area contributed by atoms with Crippen LogP contribution in [0.5, 0.6) is 11.5 Å². The number of pyridine rings is 2. The van der Waals surface area contributed by atoms with Crippen LogP contribution in [0.15, 0.2) is 188 Å². The van der Waals surface area contributed by atoms with E-state index in [4.69, 9.17) is 14.7 Å². The Morgan fingerprint density at radius 1 is 0.433 bits per heavy atom. The van der Waals surface area contributed by atoms with Gasteiger partial charge in [0.1, 0.15) is 11.5 Å². The van der Waals surface area contributed by atoms with Gasteiger partial charge < -0.3 is 13.9 Å². The topological polar surface area (TPSA) is 68.7 Å². The Kier molecular flexibility index (Phi) is 6.62. The fourth-order valence-corrected chi connectivity index (χ4v) is 10.2. The molecule has 2 aliphatic rings. The highest BCUT2D eigenvalue weighted by atomic mass is 16.5. The largest absolute Gasteiger partial charge is 0.457 e. The number of ether oxygens (including phenoxy) is 1. The molecule has 1 aliphatic heterocycles. The lowest BCUT2D eigenvalue weighted by Crippen LogP contribution is -2.32. The van der Waals surface area contributed by atoms with Crippen LogP contribution in [0.4, 0.5) is 0 Å². The molecular weight excluding hydrogens is 735 g/mol. The van der Waals surface area contributed by atoms with Crippen molar-refractivity contribution in [2.45, 2.75) is 5.41 Å². The van der Waals surface area contributed by atoms with Crippen molar-refractivity contribution in [2.75, 3.05) is 0 Å². The Morgan fingerprint density at radius 2 is 0.950 bits per heavy atom. The average molecular weight is 766 g/mol. The lowest BCUT2D eigenvalue weighted by molar-refractivity contribution is 0.436. The van der Waals surface area contributed by atoms with Gasteiger partial charge in [-0.25, -0.2) is 0 Å². The van der Waals surface area contributed by atoms with E-state index in [-0.39, 0.29) is 0 Å². The van der Waals surface area contributed by atoms with Crippen LogP contribution in [0.2, 0.25) is 0 Å². The van der Waals surface area contributed by atoms with Crippen LogP contribution < -0.4 is 4.74 Å². The third kappa shape index (κ3) is 4.30. The smallest absolute Gasteiger partial charge is 0.132 e. The minimum absolute atomic E-state index is 0.640. The van der Waals surface area contributed by atoms with Crippen molar-refractivity contribution in [3.63, 3.8) is 0 Å². The van der Waals surface area contributed by atoms with Crippen LogP contribution in [0, 0.1) is 11.3 Å². The summed E-state index contributed by atoms with van der Waals surface area (Å²) in [7, 11) is 0. The first kappa shape index (κ1) is 32.8. The monoisotopic (exact) mass is 765 g/mol. The van der Waals surface area contributed by atoms with E-state index in [0.717, 1.165) is 100 Å². The fourth-order valence-electron chi connectivity index (χ4n) is 10.2. The molecular formula is C54H31N5O.